The topological polar surface area (TPSA) is 24.9 Å². The van der Waals surface area contributed by atoms with E-state index in [4.69, 9.17) is 4.98 Å². The maximum atomic E-state index is 4.73. The molecular weight excluding hydrogens is 344 g/mol. The first-order valence-corrected chi connectivity index (χ1v) is 8.68. The van der Waals surface area contributed by atoms with E-state index in [1.807, 2.05) is 6.07 Å². The minimum atomic E-state index is 0.203. The highest BCUT2D eigenvalue weighted by molar-refractivity contribution is 9.10. The maximum Gasteiger partial charge on any atom is 0.116 e. The molecular formula is C17H17BrN2S. The van der Waals surface area contributed by atoms with Gasteiger partial charge < -0.3 is 5.32 Å². The standard InChI is InChI=1S/C17H17BrN2S/c1-3-12-10-13(18)8-9-14(12)19-11(2)17-20-15-6-4-5-7-16(15)21-17/h4-11,19H,3H2,1-2H3. The highest BCUT2D eigenvalue weighted by Crippen LogP contribution is 2.30. The number of para-hydroxylation sites is 1. The summed E-state index contributed by atoms with van der Waals surface area (Å²) in [6.07, 6.45) is 1.01. The number of nitrogens with one attached hydrogen (secondary N) is 1. The van der Waals surface area contributed by atoms with Crippen LogP contribution in [-0.2, 0) is 6.42 Å². The molecule has 0 aliphatic carbocycles. The van der Waals surface area contributed by atoms with Crippen LogP contribution in [0.2, 0.25) is 0 Å². The Kier molecular flexibility index (Phi) is 4.27. The van der Waals surface area contributed by atoms with Crippen molar-refractivity contribution < 1.29 is 0 Å². The van der Waals surface area contributed by atoms with E-state index in [1.165, 1.54) is 16.0 Å². The fraction of sp³-hybridized carbons (Fsp3) is 0.235. The number of rotatable bonds is 4. The summed E-state index contributed by atoms with van der Waals surface area (Å²) in [5, 5.41) is 4.72. The lowest BCUT2D eigenvalue weighted by molar-refractivity contribution is 0.869. The molecule has 0 saturated heterocycles. The number of hydrogen-bond acceptors (Lipinski definition) is 3. The molecule has 3 aromatic rings. The Morgan fingerprint density at radius 3 is 2.81 bits per heavy atom. The molecule has 108 valence electrons. The molecule has 1 heterocycles. The van der Waals surface area contributed by atoms with Gasteiger partial charge in [-0.1, -0.05) is 35.0 Å². The van der Waals surface area contributed by atoms with Gasteiger partial charge in [0.1, 0.15) is 5.01 Å². The highest BCUT2D eigenvalue weighted by atomic mass is 79.9. The van der Waals surface area contributed by atoms with Crippen LogP contribution in [0.5, 0.6) is 0 Å². The van der Waals surface area contributed by atoms with E-state index in [2.05, 4.69) is 71.5 Å². The molecule has 2 aromatic carbocycles. The Balaban J connectivity index is 1.87. The zero-order valence-corrected chi connectivity index (χ0v) is 14.5. The number of anilines is 1. The van der Waals surface area contributed by atoms with E-state index in [0.717, 1.165) is 21.4 Å². The van der Waals surface area contributed by atoms with Gasteiger partial charge >= 0.3 is 0 Å². The van der Waals surface area contributed by atoms with Crippen molar-refractivity contribution in [2.24, 2.45) is 0 Å². The van der Waals surface area contributed by atoms with Crippen LogP contribution in [-0.4, -0.2) is 4.98 Å². The molecule has 3 rings (SSSR count). The Morgan fingerprint density at radius 2 is 2.05 bits per heavy atom. The molecule has 0 aliphatic heterocycles. The number of halogens is 1. The Hall–Kier alpha value is -1.39. The van der Waals surface area contributed by atoms with E-state index in [-0.39, 0.29) is 6.04 Å². The predicted molar refractivity (Wildman–Crippen MR) is 95.2 cm³/mol. The van der Waals surface area contributed by atoms with Gasteiger partial charge in [0.25, 0.3) is 0 Å². The fourth-order valence-electron chi connectivity index (χ4n) is 2.37. The van der Waals surface area contributed by atoms with Gasteiger partial charge in [0.2, 0.25) is 0 Å². The second-order valence-corrected chi connectivity index (χ2v) is 7.02. The summed E-state index contributed by atoms with van der Waals surface area (Å²) in [6, 6.07) is 14.9. The molecule has 1 unspecified atom stereocenters. The first kappa shape index (κ1) is 14.5. The summed E-state index contributed by atoms with van der Waals surface area (Å²) in [7, 11) is 0. The number of aryl methyl sites for hydroxylation is 1. The fourth-order valence-corrected chi connectivity index (χ4v) is 3.74. The summed E-state index contributed by atoms with van der Waals surface area (Å²) in [5.41, 5.74) is 3.59. The minimum Gasteiger partial charge on any atom is -0.376 e. The van der Waals surface area contributed by atoms with Crippen molar-refractivity contribution in [3.8, 4) is 0 Å². The van der Waals surface area contributed by atoms with Gasteiger partial charge in [-0.25, -0.2) is 4.98 Å². The van der Waals surface area contributed by atoms with Gasteiger partial charge in [-0.2, -0.15) is 0 Å². The predicted octanol–water partition coefficient (Wildman–Crippen LogP) is 5.79. The van der Waals surface area contributed by atoms with Gasteiger partial charge in [0.15, 0.2) is 0 Å². The lowest BCUT2D eigenvalue weighted by atomic mass is 10.1. The second-order valence-electron chi connectivity index (χ2n) is 5.04. The molecule has 21 heavy (non-hydrogen) atoms. The van der Waals surface area contributed by atoms with Gasteiger partial charge in [0.05, 0.1) is 16.3 Å². The molecule has 0 saturated carbocycles. The maximum absolute atomic E-state index is 4.73. The van der Waals surface area contributed by atoms with Gasteiger partial charge in [-0.05, 0) is 49.2 Å². The van der Waals surface area contributed by atoms with E-state index in [1.54, 1.807) is 11.3 Å². The molecule has 1 atom stereocenters. The van der Waals surface area contributed by atoms with Crippen LogP contribution in [0.3, 0.4) is 0 Å². The van der Waals surface area contributed by atoms with Crippen molar-refractivity contribution in [1.29, 1.82) is 0 Å². The van der Waals surface area contributed by atoms with Crippen molar-refractivity contribution >= 4 is 43.2 Å². The van der Waals surface area contributed by atoms with E-state index in [9.17, 15) is 0 Å². The Labute approximate surface area is 137 Å². The zero-order chi connectivity index (χ0) is 14.8. The third kappa shape index (κ3) is 3.11. The third-order valence-corrected chi connectivity index (χ3v) is 5.21. The van der Waals surface area contributed by atoms with E-state index < -0.39 is 0 Å². The summed E-state index contributed by atoms with van der Waals surface area (Å²) >= 11 is 5.29. The summed E-state index contributed by atoms with van der Waals surface area (Å²) < 4.78 is 2.37. The summed E-state index contributed by atoms with van der Waals surface area (Å²) in [5.74, 6) is 0. The van der Waals surface area contributed by atoms with Crippen molar-refractivity contribution in [3.63, 3.8) is 0 Å². The number of benzene rings is 2. The van der Waals surface area contributed by atoms with E-state index >= 15 is 0 Å². The number of fused-ring (bicyclic) bond motifs is 1. The highest BCUT2D eigenvalue weighted by Gasteiger charge is 2.12. The van der Waals surface area contributed by atoms with Crippen LogP contribution in [0.1, 0.15) is 30.5 Å². The average Bonchev–Trinajstić information content (AvgIpc) is 2.93. The molecule has 0 amide bonds. The summed E-state index contributed by atoms with van der Waals surface area (Å²) in [4.78, 5) is 4.73. The average molecular weight is 361 g/mol. The van der Waals surface area contributed by atoms with Crippen LogP contribution in [0.15, 0.2) is 46.9 Å². The normalized spacial score (nSPS) is 12.5. The number of aromatic nitrogens is 1. The number of thiazole rings is 1. The zero-order valence-electron chi connectivity index (χ0n) is 12.1. The van der Waals surface area contributed by atoms with Crippen molar-refractivity contribution in [2.45, 2.75) is 26.3 Å². The third-order valence-electron chi connectivity index (χ3n) is 3.50. The first-order valence-electron chi connectivity index (χ1n) is 7.08. The quantitative estimate of drug-likeness (QED) is 0.636. The first-order chi connectivity index (χ1) is 10.2. The SMILES string of the molecule is CCc1cc(Br)ccc1NC(C)c1nc2ccccc2s1. The van der Waals surface area contributed by atoms with Gasteiger partial charge in [-0.15, -0.1) is 11.3 Å². The minimum absolute atomic E-state index is 0.203. The van der Waals surface area contributed by atoms with Crippen molar-refractivity contribution in [1.82, 2.24) is 4.98 Å². The largest absolute Gasteiger partial charge is 0.376 e. The van der Waals surface area contributed by atoms with Gasteiger partial charge in [-0.3, -0.25) is 0 Å². The van der Waals surface area contributed by atoms with Crippen molar-refractivity contribution in [3.05, 3.63) is 57.5 Å². The number of nitrogens with zero attached hydrogens (tertiary/aromatic N) is 1. The Morgan fingerprint density at radius 1 is 1.24 bits per heavy atom. The molecule has 4 heteroatoms. The molecule has 1 aromatic heterocycles. The van der Waals surface area contributed by atoms with Crippen LogP contribution in [0, 0.1) is 0 Å². The van der Waals surface area contributed by atoms with Crippen LogP contribution < -0.4 is 5.32 Å². The van der Waals surface area contributed by atoms with Crippen LogP contribution in [0.25, 0.3) is 10.2 Å². The Bertz CT molecular complexity index is 733. The lowest BCUT2D eigenvalue weighted by Gasteiger charge is -2.16. The molecule has 0 spiro atoms. The molecule has 2 nitrogen and oxygen atoms in total. The molecule has 0 radical (unpaired) electrons. The van der Waals surface area contributed by atoms with Crippen LogP contribution in [0.4, 0.5) is 5.69 Å². The molecule has 0 bridgehead atoms. The molecule has 1 N–H and O–H groups in total. The van der Waals surface area contributed by atoms with Crippen LogP contribution >= 0.6 is 27.3 Å². The van der Waals surface area contributed by atoms with Crippen molar-refractivity contribution in [2.75, 3.05) is 5.32 Å². The van der Waals surface area contributed by atoms with E-state index in [0.29, 0.717) is 0 Å². The second kappa shape index (κ2) is 6.16. The lowest BCUT2D eigenvalue weighted by Crippen LogP contribution is -2.08. The summed E-state index contributed by atoms with van der Waals surface area (Å²) in [6.45, 7) is 4.34. The molecule has 0 fully saturated rings. The number of hydrogen-bond donors (Lipinski definition) is 1. The van der Waals surface area contributed by atoms with Gasteiger partial charge in [0, 0.05) is 10.2 Å². The monoisotopic (exact) mass is 360 g/mol. The molecule has 0 aliphatic rings. The smallest absolute Gasteiger partial charge is 0.116 e.